The van der Waals surface area contributed by atoms with Crippen LogP contribution in [0.15, 0.2) is 34.9 Å². The summed E-state index contributed by atoms with van der Waals surface area (Å²) in [6, 6.07) is 6.84. The molecule has 0 radical (unpaired) electrons. The van der Waals surface area contributed by atoms with Gasteiger partial charge in [0.15, 0.2) is 10.8 Å². The largest absolute Gasteiger partial charge is 0.487 e. The molecule has 0 atom stereocenters. The Morgan fingerprint density at radius 3 is 2.86 bits per heavy atom. The molecule has 0 fully saturated rings. The molecule has 2 aromatic heterocycles. The molecule has 2 aromatic rings. The van der Waals surface area contributed by atoms with Crippen LogP contribution in [0, 0.1) is 0 Å². The van der Waals surface area contributed by atoms with E-state index in [2.05, 4.69) is 0 Å². The van der Waals surface area contributed by atoms with Gasteiger partial charge in [0.1, 0.15) is 0 Å². The fourth-order valence-electron chi connectivity index (χ4n) is 1.08. The van der Waals surface area contributed by atoms with Crippen LogP contribution in [0.4, 0.5) is 0 Å². The van der Waals surface area contributed by atoms with E-state index in [0.717, 1.165) is 5.06 Å². The Morgan fingerprint density at radius 1 is 1.43 bits per heavy atom. The number of hydrogen-bond donors (Lipinski definition) is 0. The van der Waals surface area contributed by atoms with Gasteiger partial charge in [0.25, 0.3) is 0 Å². The van der Waals surface area contributed by atoms with Crippen molar-refractivity contribution >= 4 is 17.1 Å². The molecule has 4 heteroatoms. The van der Waals surface area contributed by atoms with E-state index in [-0.39, 0.29) is 5.78 Å². The minimum Gasteiger partial charge on any atom is -0.487 e. The Bertz CT molecular complexity index is 428. The third kappa shape index (κ3) is 1.56. The van der Waals surface area contributed by atoms with Crippen molar-refractivity contribution in [3.8, 4) is 5.06 Å². The summed E-state index contributed by atoms with van der Waals surface area (Å²) < 4.78 is 10.0. The van der Waals surface area contributed by atoms with Gasteiger partial charge in [-0.15, -0.1) is 0 Å². The Kier molecular flexibility index (Phi) is 2.37. The fraction of sp³-hybridized carbons (Fsp3) is 0.100. The number of furan rings is 1. The van der Waals surface area contributed by atoms with Gasteiger partial charge in [-0.05, 0) is 24.3 Å². The van der Waals surface area contributed by atoms with Gasteiger partial charge in [-0.25, -0.2) is 0 Å². The van der Waals surface area contributed by atoms with Crippen molar-refractivity contribution in [1.29, 1.82) is 0 Å². The van der Waals surface area contributed by atoms with E-state index in [1.54, 1.807) is 31.4 Å². The zero-order chi connectivity index (χ0) is 9.97. The van der Waals surface area contributed by atoms with Crippen LogP contribution in [0.1, 0.15) is 15.4 Å². The smallest absolute Gasteiger partial charge is 0.238 e. The number of carbonyl (C=O) groups is 1. The fourth-order valence-corrected chi connectivity index (χ4v) is 1.85. The average molecular weight is 208 g/mol. The first-order chi connectivity index (χ1) is 6.81. The molecule has 0 N–H and O–H groups in total. The predicted molar refractivity (Wildman–Crippen MR) is 53.0 cm³/mol. The Morgan fingerprint density at radius 2 is 2.29 bits per heavy atom. The molecule has 14 heavy (non-hydrogen) atoms. The number of carbonyl (C=O) groups excluding carboxylic acids is 1. The van der Waals surface area contributed by atoms with Crippen LogP contribution in [0.5, 0.6) is 5.06 Å². The maximum atomic E-state index is 11.7. The van der Waals surface area contributed by atoms with Crippen LogP contribution in [0.2, 0.25) is 0 Å². The third-order valence-electron chi connectivity index (χ3n) is 1.75. The van der Waals surface area contributed by atoms with E-state index in [1.165, 1.54) is 17.6 Å². The standard InChI is InChI=1S/C10H8O3S/c1-12-9-5-4-8(14-9)10(11)7-3-2-6-13-7/h2-6H,1H3. The molecular formula is C10H8O3S. The van der Waals surface area contributed by atoms with Crippen molar-refractivity contribution in [2.45, 2.75) is 0 Å². The minimum absolute atomic E-state index is 0.108. The van der Waals surface area contributed by atoms with Crippen molar-refractivity contribution in [2.75, 3.05) is 7.11 Å². The molecule has 0 unspecified atom stereocenters. The van der Waals surface area contributed by atoms with Crippen molar-refractivity contribution < 1.29 is 13.9 Å². The summed E-state index contributed by atoms with van der Waals surface area (Å²) >= 11 is 1.31. The zero-order valence-electron chi connectivity index (χ0n) is 7.52. The molecule has 0 amide bonds. The van der Waals surface area contributed by atoms with Crippen LogP contribution in [-0.2, 0) is 0 Å². The quantitative estimate of drug-likeness (QED) is 0.728. The summed E-state index contributed by atoms with van der Waals surface area (Å²) in [5.74, 6) is 0.248. The summed E-state index contributed by atoms with van der Waals surface area (Å²) in [7, 11) is 1.58. The Balaban J connectivity index is 2.28. The molecule has 0 bridgehead atoms. The highest BCUT2D eigenvalue weighted by Gasteiger charge is 2.14. The number of rotatable bonds is 3. The van der Waals surface area contributed by atoms with Gasteiger partial charge in [-0.3, -0.25) is 4.79 Å². The molecule has 2 rings (SSSR count). The lowest BCUT2D eigenvalue weighted by Crippen LogP contribution is -1.95. The van der Waals surface area contributed by atoms with Gasteiger partial charge < -0.3 is 9.15 Å². The lowest BCUT2D eigenvalue weighted by molar-refractivity contribution is 0.101. The minimum atomic E-state index is -0.108. The van der Waals surface area contributed by atoms with E-state index >= 15 is 0 Å². The lowest BCUT2D eigenvalue weighted by Gasteiger charge is -1.91. The molecule has 0 aromatic carbocycles. The molecule has 72 valence electrons. The second kappa shape index (κ2) is 3.67. The van der Waals surface area contributed by atoms with Gasteiger partial charge in [0.05, 0.1) is 18.3 Å². The number of ether oxygens (including phenoxy) is 1. The average Bonchev–Trinajstić information content (AvgIpc) is 2.88. The first-order valence-corrected chi connectivity index (χ1v) is 4.85. The van der Waals surface area contributed by atoms with Crippen LogP contribution < -0.4 is 4.74 Å². The topological polar surface area (TPSA) is 39.4 Å². The summed E-state index contributed by atoms with van der Waals surface area (Å²) in [6.45, 7) is 0. The normalized spacial score (nSPS) is 10.1. The maximum Gasteiger partial charge on any atom is 0.238 e. The highest BCUT2D eigenvalue weighted by Crippen LogP contribution is 2.25. The summed E-state index contributed by atoms with van der Waals surface area (Å²) in [5, 5.41) is 0.722. The van der Waals surface area contributed by atoms with Crippen LogP contribution in [0.25, 0.3) is 0 Å². The summed E-state index contributed by atoms with van der Waals surface area (Å²) in [4.78, 5) is 12.3. The van der Waals surface area contributed by atoms with Crippen LogP contribution >= 0.6 is 11.3 Å². The molecule has 3 nitrogen and oxygen atoms in total. The van der Waals surface area contributed by atoms with E-state index in [4.69, 9.17) is 9.15 Å². The van der Waals surface area contributed by atoms with Crippen molar-refractivity contribution in [3.63, 3.8) is 0 Å². The van der Waals surface area contributed by atoms with Crippen LogP contribution in [-0.4, -0.2) is 12.9 Å². The number of ketones is 1. The first kappa shape index (κ1) is 9.02. The number of hydrogen-bond acceptors (Lipinski definition) is 4. The van der Waals surface area contributed by atoms with Gasteiger partial charge in [0, 0.05) is 0 Å². The van der Waals surface area contributed by atoms with Gasteiger partial charge >= 0.3 is 0 Å². The monoisotopic (exact) mass is 208 g/mol. The molecule has 0 saturated carbocycles. The molecular weight excluding hydrogens is 200 g/mol. The molecule has 0 aliphatic carbocycles. The molecule has 0 aliphatic heterocycles. The number of thiophene rings is 1. The molecule has 0 aliphatic rings. The summed E-state index contributed by atoms with van der Waals surface area (Å²) in [6.07, 6.45) is 1.48. The van der Waals surface area contributed by atoms with Crippen molar-refractivity contribution in [1.82, 2.24) is 0 Å². The van der Waals surface area contributed by atoms with Gasteiger partial charge in [0.2, 0.25) is 5.78 Å². The van der Waals surface area contributed by atoms with Crippen molar-refractivity contribution in [2.24, 2.45) is 0 Å². The summed E-state index contributed by atoms with van der Waals surface area (Å²) in [5.41, 5.74) is 0. The number of methoxy groups -OCH3 is 1. The second-order valence-corrected chi connectivity index (χ2v) is 3.68. The third-order valence-corrected chi connectivity index (χ3v) is 2.80. The van der Waals surface area contributed by atoms with E-state index in [9.17, 15) is 4.79 Å². The van der Waals surface area contributed by atoms with E-state index in [0.29, 0.717) is 10.6 Å². The highest BCUT2D eigenvalue weighted by atomic mass is 32.1. The Hall–Kier alpha value is -1.55. The van der Waals surface area contributed by atoms with Gasteiger partial charge in [-0.1, -0.05) is 11.3 Å². The Labute approximate surface area is 84.9 Å². The zero-order valence-corrected chi connectivity index (χ0v) is 8.34. The molecule has 0 saturated heterocycles. The lowest BCUT2D eigenvalue weighted by atomic mass is 10.2. The predicted octanol–water partition coefficient (Wildman–Crippen LogP) is 2.58. The first-order valence-electron chi connectivity index (χ1n) is 4.03. The van der Waals surface area contributed by atoms with E-state index in [1.807, 2.05) is 0 Å². The van der Waals surface area contributed by atoms with E-state index < -0.39 is 0 Å². The molecule has 0 spiro atoms. The van der Waals surface area contributed by atoms with Crippen LogP contribution in [0.3, 0.4) is 0 Å². The van der Waals surface area contributed by atoms with Crippen molar-refractivity contribution in [3.05, 3.63) is 41.2 Å². The SMILES string of the molecule is COc1ccc(C(=O)c2ccco2)s1. The molecule has 2 heterocycles. The van der Waals surface area contributed by atoms with Gasteiger partial charge in [-0.2, -0.15) is 0 Å². The highest BCUT2D eigenvalue weighted by molar-refractivity contribution is 7.16. The maximum absolute atomic E-state index is 11.7. The second-order valence-electron chi connectivity index (χ2n) is 2.63.